The van der Waals surface area contributed by atoms with Gasteiger partial charge in [0.25, 0.3) is 0 Å². The first kappa shape index (κ1) is 15.6. The second-order valence-electron chi connectivity index (χ2n) is 4.05. The molecule has 0 spiro atoms. The predicted molar refractivity (Wildman–Crippen MR) is 88.2 cm³/mol. The van der Waals surface area contributed by atoms with Crippen LogP contribution in [0.4, 0.5) is 5.69 Å². The lowest BCUT2D eigenvalue weighted by atomic mass is 10.3. The van der Waals surface area contributed by atoms with Gasteiger partial charge in [-0.25, -0.2) is 0 Å². The third kappa shape index (κ3) is 4.66. The molecule has 6 heteroatoms. The molecule has 0 unspecified atom stereocenters. The van der Waals surface area contributed by atoms with Gasteiger partial charge in [0.05, 0.1) is 6.61 Å². The van der Waals surface area contributed by atoms with E-state index in [1.807, 2.05) is 30.3 Å². The Morgan fingerprint density at radius 3 is 2.60 bits per heavy atom. The molecule has 0 saturated carbocycles. The molecule has 0 aliphatic rings. The molecule has 0 fully saturated rings. The fraction of sp³-hybridized carbons (Fsp3) is 0.286. The molecule has 1 N–H and O–H groups in total. The molecule has 3 nitrogen and oxygen atoms in total. The van der Waals surface area contributed by atoms with Crippen LogP contribution < -0.4 is 10.1 Å². The molecule has 0 aliphatic heterocycles. The number of thiophene rings is 1. The first-order valence-electron chi connectivity index (χ1n) is 6.08. The third-order valence-electron chi connectivity index (χ3n) is 2.57. The van der Waals surface area contributed by atoms with Crippen LogP contribution in [0.5, 0.6) is 5.75 Å². The monoisotopic (exact) mass is 375 g/mol. The van der Waals surface area contributed by atoms with Crippen LogP contribution in [0, 0.1) is 0 Å². The zero-order valence-corrected chi connectivity index (χ0v) is 14.1. The summed E-state index contributed by atoms with van der Waals surface area (Å²) in [6.45, 7) is 1.90. The number of benzene rings is 1. The molecular weight excluding hydrogens is 362 g/mol. The highest BCUT2D eigenvalue weighted by atomic mass is 79.9. The Morgan fingerprint density at radius 2 is 2.00 bits per heavy atom. The van der Waals surface area contributed by atoms with E-state index >= 15 is 0 Å². The van der Waals surface area contributed by atoms with Crippen LogP contribution in [0.3, 0.4) is 0 Å². The van der Waals surface area contributed by atoms with Gasteiger partial charge in [-0.15, -0.1) is 11.3 Å². The summed E-state index contributed by atoms with van der Waals surface area (Å²) in [5.74, 6) is 0.842. The molecule has 0 amide bonds. The first-order chi connectivity index (χ1) is 9.69. The van der Waals surface area contributed by atoms with E-state index in [1.165, 1.54) is 4.88 Å². The van der Waals surface area contributed by atoms with Gasteiger partial charge < -0.3 is 14.8 Å². The zero-order valence-electron chi connectivity index (χ0n) is 11.0. The minimum Gasteiger partial charge on any atom is -0.491 e. The fourth-order valence-electron chi connectivity index (χ4n) is 1.58. The van der Waals surface area contributed by atoms with E-state index in [-0.39, 0.29) is 0 Å². The van der Waals surface area contributed by atoms with Crippen LogP contribution in [0.15, 0.2) is 34.8 Å². The molecule has 0 aliphatic carbocycles. The van der Waals surface area contributed by atoms with E-state index in [4.69, 9.17) is 21.1 Å². The van der Waals surface area contributed by atoms with Crippen molar-refractivity contribution >= 4 is 44.6 Å². The van der Waals surface area contributed by atoms with Gasteiger partial charge in [-0.2, -0.15) is 0 Å². The van der Waals surface area contributed by atoms with Crippen molar-refractivity contribution in [3.63, 3.8) is 0 Å². The van der Waals surface area contributed by atoms with E-state index < -0.39 is 0 Å². The molecule has 20 heavy (non-hydrogen) atoms. The maximum absolute atomic E-state index is 6.01. The average Bonchev–Trinajstić information content (AvgIpc) is 2.77. The normalized spacial score (nSPS) is 10.6. The number of halogens is 2. The summed E-state index contributed by atoms with van der Waals surface area (Å²) in [4.78, 5) is 1.18. The Bertz CT molecular complexity index is 525. The Kier molecular flexibility index (Phi) is 6.16. The van der Waals surface area contributed by atoms with Gasteiger partial charge in [-0.3, -0.25) is 0 Å². The molecule has 1 aromatic heterocycles. The largest absolute Gasteiger partial charge is 0.491 e. The summed E-state index contributed by atoms with van der Waals surface area (Å²) in [6.07, 6.45) is 0. The standard InChI is InChI=1S/C14H15BrClNO2S/c1-18-6-7-19-11-4-2-10(3-5-11)17-9-12-8-13(15)14(16)20-12/h2-5,8,17H,6-7,9H2,1H3. The quantitative estimate of drug-likeness (QED) is 0.704. The van der Waals surface area contributed by atoms with Gasteiger partial charge in [0.2, 0.25) is 0 Å². The summed E-state index contributed by atoms with van der Waals surface area (Å²) in [6, 6.07) is 9.89. The molecule has 108 valence electrons. The molecule has 0 radical (unpaired) electrons. The van der Waals surface area contributed by atoms with Crippen molar-refractivity contribution in [1.82, 2.24) is 0 Å². The van der Waals surface area contributed by atoms with Gasteiger partial charge in [-0.1, -0.05) is 11.6 Å². The second-order valence-corrected chi connectivity index (χ2v) is 6.65. The number of methoxy groups -OCH3 is 1. The highest BCUT2D eigenvalue weighted by Gasteiger charge is 2.04. The molecular formula is C14H15BrClNO2S. The number of anilines is 1. The first-order valence-corrected chi connectivity index (χ1v) is 8.07. The lowest BCUT2D eigenvalue weighted by Crippen LogP contribution is -2.04. The third-order valence-corrected chi connectivity index (χ3v) is 5.05. The number of rotatable bonds is 7. The summed E-state index contributed by atoms with van der Waals surface area (Å²) < 4.78 is 12.2. The van der Waals surface area contributed by atoms with Gasteiger partial charge >= 0.3 is 0 Å². The second kappa shape index (κ2) is 7.88. The SMILES string of the molecule is COCCOc1ccc(NCc2cc(Br)c(Cl)s2)cc1. The van der Waals surface area contributed by atoms with E-state index in [1.54, 1.807) is 18.4 Å². The van der Waals surface area contributed by atoms with Crippen LogP contribution in [-0.4, -0.2) is 20.3 Å². The van der Waals surface area contributed by atoms with Crippen molar-refractivity contribution in [2.75, 3.05) is 25.6 Å². The van der Waals surface area contributed by atoms with Crippen molar-refractivity contribution in [2.24, 2.45) is 0 Å². The molecule has 2 rings (SSSR count). The van der Waals surface area contributed by atoms with Gasteiger partial charge in [0.1, 0.15) is 16.7 Å². The molecule has 0 saturated heterocycles. The Morgan fingerprint density at radius 1 is 1.25 bits per heavy atom. The van der Waals surface area contributed by atoms with E-state index in [9.17, 15) is 0 Å². The number of ether oxygens (including phenoxy) is 2. The Balaban J connectivity index is 1.84. The van der Waals surface area contributed by atoms with Crippen LogP contribution in [-0.2, 0) is 11.3 Å². The maximum Gasteiger partial charge on any atom is 0.119 e. The number of hydrogen-bond acceptors (Lipinski definition) is 4. The van der Waals surface area contributed by atoms with E-state index in [2.05, 4.69) is 21.2 Å². The van der Waals surface area contributed by atoms with Gasteiger partial charge in [0.15, 0.2) is 0 Å². The molecule has 0 atom stereocenters. The van der Waals surface area contributed by atoms with Crippen LogP contribution >= 0.6 is 38.9 Å². The van der Waals surface area contributed by atoms with Crippen molar-refractivity contribution in [1.29, 1.82) is 0 Å². The topological polar surface area (TPSA) is 30.5 Å². The molecule has 2 aromatic rings. The Labute approximate surface area is 136 Å². The van der Waals surface area contributed by atoms with Crippen LogP contribution in [0.2, 0.25) is 4.34 Å². The molecule has 1 heterocycles. The lowest BCUT2D eigenvalue weighted by molar-refractivity contribution is 0.146. The Hall–Kier alpha value is -0.750. The van der Waals surface area contributed by atoms with Gasteiger partial charge in [0, 0.05) is 28.7 Å². The van der Waals surface area contributed by atoms with Crippen molar-refractivity contribution in [3.8, 4) is 5.75 Å². The molecule has 1 aromatic carbocycles. The summed E-state index contributed by atoms with van der Waals surface area (Å²) >= 11 is 11.0. The van der Waals surface area contributed by atoms with Crippen LogP contribution in [0.1, 0.15) is 4.88 Å². The average molecular weight is 377 g/mol. The minimum absolute atomic E-state index is 0.561. The van der Waals surface area contributed by atoms with E-state index in [0.29, 0.717) is 13.2 Å². The predicted octanol–water partition coefficient (Wildman–Crippen LogP) is 4.80. The van der Waals surface area contributed by atoms with Crippen molar-refractivity contribution in [3.05, 3.63) is 44.0 Å². The molecule has 0 bridgehead atoms. The maximum atomic E-state index is 6.01. The summed E-state index contributed by atoms with van der Waals surface area (Å²) in [7, 11) is 1.66. The lowest BCUT2D eigenvalue weighted by Gasteiger charge is -2.08. The fourth-order valence-corrected chi connectivity index (χ4v) is 3.31. The van der Waals surface area contributed by atoms with Crippen LogP contribution in [0.25, 0.3) is 0 Å². The summed E-state index contributed by atoms with van der Waals surface area (Å²) in [5.41, 5.74) is 1.05. The highest BCUT2D eigenvalue weighted by molar-refractivity contribution is 9.10. The highest BCUT2D eigenvalue weighted by Crippen LogP contribution is 2.32. The smallest absolute Gasteiger partial charge is 0.119 e. The zero-order chi connectivity index (χ0) is 14.4. The summed E-state index contributed by atoms with van der Waals surface area (Å²) in [5, 5.41) is 3.35. The van der Waals surface area contributed by atoms with E-state index in [0.717, 1.165) is 26.8 Å². The minimum atomic E-state index is 0.561. The number of hydrogen-bond donors (Lipinski definition) is 1. The number of nitrogens with one attached hydrogen (secondary N) is 1. The van der Waals surface area contributed by atoms with Crippen molar-refractivity contribution < 1.29 is 9.47 Å². The van der Waals surface area contributed by atoms with Crippen molar-refractivity contribution in [2.45, 2.75) is 6.54 Å². The van der Waals surface area contributed by atoms with Gasteiger partial charge in [-0.05, 0) is 46.3 Å².